The quantitative estimate of drug-likeness (QED) is 0.730. The second-order valence-corrected chi connectivity index (χ2v) is 5.71. The van der Waals surface area contributed by atoms with Crippen LogP contribution >= 0.6 is 0 Å². The lowest BCUT2D eigenvalue weighted by Crippen LogP contribution is -2.72. The van der Waals surface area contributed by atoms with Gasteiger partial charge in [-0.25, -0.2) is 0 Å². The molecule has 104 valence electrons. The van der Waals surface area contributed by atoms with Crippen LogP contribution in [0.5, 0.6) is 11.5 Å². The van der Waals surface area contributed by atoms with Crippen LogP contribution in [-0.4, -0.2) is 24.3 Å². The van der Waals surface area contributed by atoms with Crippen molar-refractivity contribution in [2.45, 2.75) is 24.9 Å². The van der Waals surface area contributed by atoms with Crippen molar-refractivity contribution < 1.29 is 19.1 Å². The minimum atomic E-state index is -0.669. The summed E-state index contributed by atoms with van der Waals surface area (Å²) in [6, 6.07) is 5.61. The molecule has 0 aliphatic carbocycles. The van der Waals surface area contributed by atoms with Crippen molar-refractivity contribution in [1.29, 1.82) is 0 Å². The Balaban J connectivity index is 1.75. The molecule has 3 fully saturated rings. The van der Waals surface area contributed by atoms with Crippen molar-refractivity contribution in [2.24, 2.45) is 5.92 Å². The Bertz CT molecular complexity index is 610. The molecule has 1 aromatic rings. The number of fused-ring (bicyclic) bond motifs is 4. The average molecular weight is 274 g/mol. The second-order valence-electron chi connectivity index (χ2n) is 5.71. The van der Waals surface area contributed by atoms with Gasteiger partial charge in [-0.3, -0.25) is 9.59 Å². The normalized spacial score (nSPS) is 33.9. The standard InChI is InChI=1S/C14H14N2O4/c1-14-5-8(11(12(17)15-14)13(18)16-14)7-2-3-9-10(4-7)20-6-19-9/h2-4,8,11H,5-6H2,1H3,(H,15,17)(H,16,18)/t8-,11?,14?/m0/s1. The number of benzene rings is 1. The van der Waals surface area contributed by atoms with Crippen molar-refractivity contribution in [2.75, 3.05) is 6.79 Å². The lowest BCUT2D eigenvalue weighted by atomic mass is 9.72. The summed E-state index contributed by atoms with van der Waals surface area (Å²) in [6.45, 7) is 2.05. The minimum Gasteiger partial charge on any atom is -0.454 e. The molecular formula is C14H14N2O4. The van der Waals surface area contributed by atoms with Crippen LogP contribution in [0.25, 0.3) is 0 Å². The Morgan fingerprint density at radius 3 is 2.55 bits per heavy atom. The van der Waals surface area contributed by atoms with Crippen molar-refractivity contribution in [3.8, 4) is 11.5 Å². The molecular weight excluding hydrogens is 260 g/mol. The van der Waals surface area contributed by atoms with Gasteiger partial charge in [0.1, 0.15) is 11.6 Å². The predicted octanol–water partition coefficient (Wildman–Crippen LogP) is 0.481. The van der Waals surface area contributed by atoms with Gasteiger partial charge in [0.15, 0.2) is 11.5 Å². The maximum atomic E-state index is 12.1. The van der Waals surface area contributed by atoms with E-state index in [0.717, 1.165) is 5.56 Å². The zero-order chi connectivity index (χ0) is 13.9. The van der Waals surface area contributed by atoms with Gasteiger partial charge in [0, 0.05) is 5.92 Å². The van der Waals surface area contributed by atoms with Crippen LogP contribution in [-0.2, 0) is 9.59 Å². The number of hydrogen-bond acceptors (Lipinski definition) is 4. The third-order valence-electron chi connectivity index (χ3n) is 4.22. The summed E-state index contributed by atoms with van der Waals surface area (Å²) in [5, 5.41) is 5.70. The molecule has 0 unspecified atom stereocenters. The van der Waals surface area contributed by atoms with E-state index in [1.165, 1.54) is 0 Å². The SMILES string of the molecule is CC12C[C@@H](c3ccc4c(c3)OCO4)C(C(=O)N1)C(=O)N2. The minimum absolute atomic E-state index is 0.128. The summed E-state index contributed by atoms with van der Waals surface area (Å²) in [5.74, 6) is 0.175. The molecule has 1 atom stereocenters. The molecule has 4 heterocycles. The van der Waals surface area contributed by atoms with Crippen LogP contribution in [0.1, 0.15) is 24.8 Å². The molecule has 1 aromatic carbocycles. The maximum absolute atomic E-state index is 12.1. The van der Waals surface area contributed by atoms with E-state index >= 15 is 0 Å². The third-order valence-corrected chi connectivity index (χ3v) is 4.22. The number of piperidine rings is 2. The molecule has 0 radical (unpaired) electrons. The molecule has 6 nitrogen and oxygen atoms in total. The molecule has 2 amide bonds. The first-order valence-corrected chi connectivity index (χ1v) is 6.59. The summed E-state index contributed by atoms with van der Waals surface area (Å²) in [4.78, 5) is 24.1. The van der Waals surface area contributed by atoms with E-state index in [2.05, 4.69) is 10.6 Å². The molecule has 6 heteroatoms. The van der Waals surface area contributed by atoms with Gasteiger partial charge in [0.2, 0.25) is 18.6 Å². The summed E-state index contributed by atoms with van der Waals surface area (Å²) in [7, 11) is 0. The number of carbonyl (C=O) groups excluding carboxylic acids is 2. The van der Waals surface area contributed by atoms with Crippen LogP contribution in [0.4, 0.5) is 0 Å². The van der Waals surface area contributed by atoms with E-state index < -0.39 is 11.6 Å². The highest BCUT2D eigenvalue weighted by Gasteiger charge is 2.53. The predicted molar refractivity (Wildman–Crippen MR) is 68.1 cm³/mol. The zero-order valence-corrected chi connectivity index (χ0v) is 10.9. The van der Waals surface area contributed by atoms with Crippen LogP contribution in [0, 0.1) is 5.92 Å². The van der Waals surface area contributed by atoms with Crippen LogP contribution < -0.4 is 20.1 Å². The zero-order valence-electron chi connectivity index (χ0n) is 10.9. The number of carbonyl (C=O) groups is 2. The van der Waals surface area contributed by atoms with E-state index in [9.17, 15) is 9.59 Å². The third kappa shape index (κ3) is 1.51. The van der Waals surface area contributed by atoms with E-state index in [0.29, 0.717) is 17.9 Å². The largest absolute Gasteiger partial charge is 0.454 e. The Morgan fingerprint density at radius 1 is 1.15 bits per heavy atom. The molecule has 5 rings (SSSR count). The van der Waals surface area contributed by atoms with Crippen molar-refractivity contribution in [3.05, 3.63) is 23.8 Å². The van der Waals surface area contributed by atoms with E-state index in [1.807, 2.05) is 25.1 Å². The van der Waals surface area contributed by atoms with E-state index in [1.54, 1.807) is 0 Å². The molecule has 0 aromatic heterocycles. The number of ether oxygens (including phenoxy) is 2. The lowest BCUT2D eigenvalue weighted by molar-refractivity contribution is -0.149. The molecule has 2 N–H and O–H groups in total. The van der Waals surface area contributed by atoms with E-state index in [-0.39, 0.29) is 24.5 Å². The highest BCUT2D eigenvalue weighted by Crippen LogP contribution is 2.43. The first kappa shape index (κ1) is 11.6. The summed E-state index contributed by atoms with van der Waals surface area (Å²) < 4.78 is 10.6. The number of hydrogen-bond donors (Lipinski definition) is 2. The summed E-state index contributed by atoms with van der Waals surface area (Å²) >= 11 is 0. The first-order valence-electron chi connectivity index (χ1n) is 6.59. The van der Waals surface area contributed by atoms with Crippen LogP contribution in [0.15, 0.2) is 18.2 Å². The Labute approximate surface area is 115 Å². The molecule has 4 aliphatic rings. The number of rotatable bonds is 1. The van der Waals surface area contributed by atoms with Crippen LogP contribution in [0.3, 0.4) is 0 Å². The maximum Gasteiger partial charge on any atom is 0.235 e. The van der Waals surface area contributed by atoms with E-state index in [4.69, 9.17) is 9.47 Å². The fourth-order valence-electron chi connectivity index (χ4n) is 3.33. The van der Waals surface area contributed by atoms with Gasteiger partial charge in [-0.1, -0.05) is 6.07 Å². The monoisotopic (exact) mass is 274 g/mol. The fraction of sp³-hybridized carbons (Fsp3) is 0.429. The Kier molecular flexibility index (Phi) is 2.11. The summed E-state index contributed by atoms with van der Waals surface area (Å²) in [6.07, 6.45) is 0.675. The molecule has 2 bridgehead atoms. The smallest absolute Gasteiger partial charge is 0.235 e. The first-order chi connectivity index (χ1) is 9.56. The molecule has 3 saturated heterocycles. The van der Waals surface area contributed by atoms with Crippen molar-refractivity contribution in [3.63, 3.8) is 0 Å². The van der Waals surface area contributed by atoms with Gasteiger partial charge in [-0.2, -0.15) is 0 Å². The molecule has 0 saturated carbocycles. The average Bonchev–Trinajstić information content (AvgIpc) is 2.83. The van der Waals surface area contributed by atoms with Gasteiger partial charge >= 0.3 is 0 Å². The Morgan fingerprint density at radius 2 is 1.85 bits per heavy atom. The second kappa shape index (κ2) is 3.65. The van der Waals surface area contributed by atoms with Crippen molar-refractivity contribution >= 4 is 11.8 Å². The van der Waals surface area contributed by atoms with Crippen molar-refractivity contribution in [1.82, 2.24) is 10.6 Å². The molecule has 4 aliphatic heterocycles. The van der Waals surface area contributed by atoms with Gasteiger partial charge in [0.05, 0.1) is 0 Å². The Hall–Kier alpha value is -2.24. The topological polar surface area (TPSA) is 76.7 Å². The highest BCUT2D eigenvalue weighted by molar-refractivity contribution is 6.05. The number of amides is 2. The lowest BCUT2D eigenvalue weighted by Gasteiger charge is -2.48. The van der Waals surface area contributed by atoms with Crippen LogP contribution in [0.2, 0.25) is 0 Å². The molecule has 0 spiro atoms. The highest BCUT2D eigenvalue weighted by atomic mass is 16.7. The van der Waals surface area contributed by atoms with Gasteiger partial charge < -0.3 is 20.1 Å². The summed E-state index contributed by atoms with van der Waals surface area (Å²) in [5.41, 5.74) is 0.277. The van der Waals surface area contributed by atoms with Gasteiger partial charge in [0.25, 0.3) is 0 Å². The fourth-order valence-corrected chi connectivity index (χ4v) is 3.33. The molecule has 20 heavy (non-hydrogen) atoms. The number of nitrogens with one attached hydrogen (secondary N) is 2. The van der Waals surface area contributed by atoms with Gasteiger partial charge in [-0.15, -0.1) is 0 Å². The van der Waals surface area contributed by atoms with Gasteiger partial charge in [-0.05, 0) is 31.0 Å².